The number of nitrogens with one attached hydrogen (secondary N) is 1. The van der Waals surface area contributed by atoms with Crippen LogP contribution in [0.4, 0.5) is 5.69 Å². The number of rotatable bonds is 4. The van der Waals surface area contributed by atoms with E-state index in [-0.39, 0.29) is 11.5 Å². The van der Waals surface area contributed by atoms with E-state index in [1.165, 1.54) is 24.3 Å². The number of hydrogen-bond donors (Lipinski definition) is 2. The molecule has 7 heteroatoms. The first-order valence-electron chi connectivity index (χ1n) is 6.02. The summed E-state index contributed by atoms with van der Waals surface area (Å²) >= 11 is 11.7. The molecule has 0 fully saturated rings. The highest BCUT2D eigenvalue weighted by Gasteiger charge is 2.17. The van der Waals surface area contributed by atoms with Crippen molar-refractivity contribution < 1.29 is 13.5 Å². The smallest absolute Gasteiger partial charge is 0.261 e. The summed E-state index contributed by atoms with van der Waals surface area (Å²) < 4.78 is 27.2. The largest absolute Gasteiger partial charge is 0.392 e. The van der Waals surface area contributed by atoms with E-state index in [0.29, 0.717) is 21.3 Å². The molecule has 0 saturated carbocycles. The topological polar surface area (TPSA) is 66.4 Å². The van der Waals surface area contributed by atoms with Crippen LogP contribution in [0.3, 0.4) is 0 Å². The second-order valence-corrected chi connectivity index (χ2v) is 7.00. The van der Waals surface area contributed by atoms with Crippen molar-refractivity contribution in [3.63, 3.8) is 0 Å². The highest BCUT2D eigenvalue weighted by molar-refractivity contribution is 7.92. The lowest BCUT2D eigenvalue weighted by Crippen LogP contribution is -2.14. The van der Waals surface area contributed by atoms with Crippen LogP contribution in [0, 0.1) is 6.92 Å². The van der Waals surface area contributed by atoms with Gasteiger partial charge in [-0.25, -0.2) is 8.42 Å². The van der Waals surface area contributed by atoms with E-state index in [9.17, 15) is 8.42 Å². The second kappa shape index (κ2) is 6.23. The third kappa shape index (κ3) is 3.68. The minimum atomic E-state index is -3.78. The minimum absolute atomic E-state index is 0.0234. The Hall–Kier alpha value is -1.27. The fraction of sp³-hybridized carbons (Fsp3) is 0.143. The number of anilines is 1. The van der Waals surface area contributed by atoms with Crippen molar-refractivity contribution in [1.82, 2.24) is 0 Å². The molecule has 0 radical (unpaired) electrons. The van der Waals surface area contributed by atoms with Gasteiger partial charge in [0.25, 0.3) is 10.0 Å². The van der Waals surface area contributed by atoms with Gasteiger partial charge < -0.3 is 5.11 Å². The average molecular weight is 346 g/mol. The summed E-state index contributed by atoms with van der Waals surface area (Å²) in [5, 5.41) is 9.91. The van der Waals surface area contributed by atoms with Crippen molar-refractivity contribution in [2.45, 2.75) is 18.4 Å². The van der Waals surface area contributed by atoms with Crippen molar-refractivity contribution in [3.05, 3.63) is 57.6 Å². The van der Waals surface area contributed by atoms with Crippen LogP contribution in [0.25, 0.3) is 0 Å². The minimum Gasteiger partial charge on any atom is -0.392 e. The van der Waals surface area contributed by atoms with Gasteiger partial charge in [-0.3, -0.25) is 4.72 Å². The Balaban J connectivity index is 2.41. The molecule has 2 N–H and O–H groups in total. The van der Waals surface area contributed by atoms with Gasteiger partial charge >= 0.3 is 0 Å². The SMILES string of the molecule is Cc1ccc(Cl)cc1NS(=O)(=O)c1ccc(Cl)c(CO)c1. The van der Waals surface area contributed by atoms with Gasteiger partial charge in [-0.1, -0.05) is 29.3 Å². The zero-order valence-corrected chi connectivity index (χ0v) is 13.4. The molecule has 0 unspecified atom stereocenters. The van der Waals surface area contributed by atoms with Gasteiger partial charge in [0.15, 0.2) is 0 Å². The molecule has 0 atom stereocenters. The van der Waals surface area contributed by atoms with Crippen molar-refractivity contribution >= 4 is 38.9 Å². The lowest BCUT2D eigenvalue weighted by Gasteiger charge is -2.12. The van der Waals surface area contributed by atoms with Crippen LogP contribution in [0.15, 0.2) is 41.3 Å². The van der Waals surface area contributed by atoms with Gasteiger partial charge in [-0.05, 0) is 48.4 Å². The molecule has 2 rings (SSSR count). The van der Waals surface area contributed by atoms with Crippen LogP contribution in [0.1, 0.15) is 11.1 Å². The van der Waals surface area contributed by atoms with E-state index in [1.54, 1.807) is 19.1 Å². The maximum absolute atomic E-state index is 12.4. The average Bonchev–Trinajstić information content (AvgIpc) is 2.43. The van der Waals surface area contributed by atoms with E-state index < -0.39 is 10.0 Å². The lowest BCUT2D eigenvalue weighted by atomic mass is 10.2. The number of hydrogen-bond acceptors (Lipinski definition) is 3. The number of aliphatic hydroxyl groups excluding tert-OH is 1. The predicted octanol–water partition coefficient (Wildman–Crippen LogP) is 3.59. The molecular formula is C14H13Cl2NO3S. The maximum atomic E-state index is 12.4. The number of benzene rings is 2. The van der Waals surface area contributed by atoms with Crippen molar-refractivity contribution in [1.29, 1.82) is 0 Å². The van der Waals surface area contributed by atoms with Gasteiger partial charge in [-0.15, -0.1) is 0 Å². The number of aryl methyl sites for hydroxylation is 1. The zero-order chi connectivity index (χ0) is 15.6. The standard InChI is InChI=1S/C14H13Cl2NO3S/c1-9-2-3-11(15)7-14(9)17-21(19,20)12-4-5-13(16)10(6-12)8-18/h2-7,17-18H,8H2,1H3. The summed E-state index contributed by atoms with van der Waals surface area (Å²) in [7, 11) is -3.78. The fourth-order valence-corrected chi connectivity index (χ4v) is 3.27. The Morgan fingerprint density at radius 1 is 1.14 bits per heavy atom. The normalized spacial score (nSPS) is 11.4. The van der Waals surface area contributed by atoms with Gasteiger partial charge in [-0.2, -0.15) is 0 Å². The van der Waals surface area contributed by atoms with Gasteiger partial charge in [0.2, 0.25) is 0 Å². The van der Waals surface area contributed by atoms with E-state index in [4.69, 9.17) is 28.3 Å². The van der Waals surface area contributed by atoms with Crippen LogP contribution < -0.4 is 4.72 Å². The van der Waals surface area contributed by atoms with Crippen molar-refractivity contribution in [2.24, 2.45) is 0 Å². The summed E-state index contributed by atoms with van der Waals surface area (Å²) in [5.41, 5.74) is 1.50. The summed E-state index contributed by atoms with van der Waals surface area (Å²) in [5.74, 6) is 0. The van der Waals surface area contributed by atoms with Crippen molar-refractivity contribution in [3.8, 4) is 0 Å². The fourth-order valence-electron chi connectivity index (χ4n) is 1.75. The molecular weight excluding hydrogens is 333 g/mol. The molecule has 0 amide bonds. The lowest BCUT2D eigenvalue weighted by molar-refractivity contribution is 0.281. The molecule has 0 spiro atoms. The monoisotopic (exact) mass is 345 g/mol. The highest BCUT2D eigenvalue weighted by atomic mass is 35.5. The van der Waals surface area contributed by atoms with Crippen molar-refractivity contribution in [2.75, 3.05) is 4.72 Å². The first-order valence-corrected chi connectivity index (χ1v) is 8.25. The number of aliphatic hydroxyl groups is 1. The molecule has 0 aromatic heterocycles. The molecule has 0 aliphatic heterocycles. The Bertz CT molecular complexity index is 776. The zero-order valence-electron chi connectivity index (χ0n) is 11.1. The van der Waals surface area contributed by atoms with Crippen LogP contribution in [0.2, 0.25) is 10.0 Å². The van der Waals surface area contributed by atoms with Gasteiger partial charge in [0.05, 0.1) is 17.2 Å². The second-order valence-electron chi connectivity index (χ2n) is 4.48. The summed E-state index contributed by atoms with van der Waals surface area (Å²) in [6, 6.07) is 9.10. The quantitative estimate of drug-likeness (QED) is 0.889. The van der Waals surface area contributed by atoms with E-state index >= 15 is 0 Å². The third-order valence-electron chi connectivity index (χ3n) is 2.94. The molecule has 2 aromatic carbocycles. The first kappa shape index (κ1) is 16.1. The molecule has 0 saturated heterocycles. The molecule has 0 heterocycles. The van der Waals surface area contributed by atoms with Crippen LogP contribution in [0.5, 0.6) is 0 Å². The molecule has 4 nitrogen and oxygen atoms in total. The predicted molar refractivity (Wildman–Crippen MR) is 84.4 cm³/mol. The van der Waals surface area contributed by atoms with Crippen LogP contribution >= 0.6 is 23.2 Å². The Morgan fingerprint density at radius 3 is 2.52 bits per heavy atom. The maximum Gasteiger partial charge on any atom is 0.261 e. The highest BCUT2D eigenvalue weighted by Crippen LogP contribution is 2.25. The summed E-state index contributed by atoms with van der Waals surface area (Å²) in [6.07, 6.45) is 0. The van der Waals surface area contributed by atoms with E-state index in [1.807, 2.05) is 0 Å². The first-order chi connectivity index (χ1) is 9.83. The number of sulfonamides is 1. The molecule has 112 valence electrons. The molecule has 21 heavy (non-hydrogen) atoms. The molecule has 0 aliphatic carbocycles. The van der Waals surface area contributed by atoms with E-state index in [2.05, 4.69) is 4.72 Å². The Kier molecular flexibility index (Phi) is 4.78. The van der Waals surface area contributed by atoms with Crippen LogP contribution in [-0.4, -0.2) is 13.5 Å². The molecule has 0 aliphatic rings. The Labute approximate surface area is 133 Å². The molecule has 0 bridgehead atoms. The van der Waals surface area contributed by atoms with Gasteiger partial charge in [0.1, 0.15) is 0 Å². The Morgan fingerprint density at radius 2 is 1.86 bits per heavy atom. The summed E-state index contributed by atoms with van der Waals surface area (Å²) in [4.78, 5) is 0.0234. The summed E-state index contributed by atoms with van der Waals surface area (Å²) in [6.45, 7) is 1.44. The molecule has 2 aromatic rings. The van der Waals surface area contributed by atoms with Crippen LogP contribution in [-0.2, 0) is 16.6 Å². The van der Waals surface area contributed by atoms with E-state index in [0.717, 1.165) is 5.56 Å². The third-order valence-corrected chi connectivity index (χ3v) is 4.91. The number of halogens is 2. The van der Waals surface area contributed by atoms with Gasteiger partial charge in [0, 0.05) is 10.0 Å².